The van der Waals surface area contributed by atoms with Crippen LogP contribution in [0, 0.1) is 6.92 Å². The summed E-state index contributed by atoms with van der Waals surface area (Å²) in [6, 6.07) is 11.6. The molecule has 2 aromatic rings. The summed E-state index contributed by atoms with van der Waals surface area (Å²) >= 11 is 1.42. The van der Waals surface area contributed by atoms with Crippen LogP contribution >= 0.6 is 11.3 Å². The zero-order valence-corrected chi connectivity index (χ0v) is 15.1. The molecule has 2 heterocycles. The average Bonchev–Trinajstić information content (AvgIpc) is 3.27. The highest BCUT2D eigenvalue weighted by atomic mass is 32.1. The number of carbonyl (C=O) groups is 2. The molecule has 0 N–H and O–H groups in total. The van der Waals surface area contributed by atoms with Crippen LogP contribution < -0.4 is 0 Å². The van der Waals surface area contributed by atoms with E-state index in [1.54, 1.807) is 0 Å². The lowest BCUT2D eigenvalue weighted by Crippen LogP contribution is -2.28. The fourth-order valence-corrected chi connectivity index (χ4v) is 3.72. The van der Waals surface area contributed by atoms with Gasteiger partial charge in [0.05, 0.1) is 12.3 Å². The normalized spacial score (nSPS) is 13.7. The molecule has 1 aromatic heterocycles. The topological polar surface area (TPSA) is 59.0 Å². The van der Waals surface area contributed by atoms with Crippen molar-refractivity contribution in [2.45, 2.75) is 26.7 Å². The molecular weight excluding hydrogens is 336 g/mol. The number of thiophene rings is 1. The van der Waals surface area contributed by atoms with E-state index >= 15 is 0 Å². The summed E-state index contributed by atoms with van der Waals surface area (Å²) in [5.41, 5.74) is 2.97. The minimum Gasteiger partial charge on any atom is -0.451 e. The van der Waals surface area contributed by atoms with Crippen LogP contribution in [0.2, 0.25) is 0 Å². The maximum atomic E-state index is 12.2. The molecule has 1 amide bonds. The SMILES string of the molecule is CCc1sc(C(=O)OCC(=O)N2CCC(c3ccccc3)=N2)cc1C. The number of ether oxygens (including phenoxy) is 1. The van der Waals surface area contributed by atoms with E-state index in [1.165, 1.54) is 16.3 Å². The van der Waals surface area contributed by atoms with Gasteiger partial charge in [-0.3, -0.25) is 4.79 Å². The molecule has 5 nitrogen and oxygen atoms in total. The minimum atomic E-state index is -0.451. The fraction of sp³-hybridized carbons (Fsp3) is 0.316. The lowest BCUT2D eigenvalue weighted by Gasteiger charge is -2.11. The zero-order valence-electron chi connectivity index (χ0n) is 14.3. The smallest absolute Gasteiger partial charge is 0.348 e. The van der Waals surface area contributed by atoms with Crippen LogP contribution in [0.5, 0.6) is 0 Å². The van der Waals surface area contributed by atoms with Gasteiger partial charge in [0.1, 0.15) is 4.88 Å². The lowest BCUT2D eigenvalue weighted by atomic mass is 10.1. The maximum absolute atomic E-state index is 12.2. The quantitative estimate of drug-likeness (QED) is 0.772. The molecule has 0 unspecified atom stereocenters. The van der Waals surface area contributed by atoms with E-state index < -0.39 is 5.97 Å². The van der Waals surface area contributed by atoms with Gasteiger partial charge in [-0.1, -0.05) is 37.3 Å². The number of nitrogens with zero attached hydrogens (tertiary/aromatic N) is 2. The average molecular weight is 356 g/mol. The molecule has 1 aromatic carbocycles. The van der Waals surface area contributed by atoms with E-state index in [2.05, 4.69) is 5.10 Å². The Morgan fingerprint density at radius 2 is 2.04 bits per heavy atom. The van der Waals surface area contributed by atoms with Crippen molar-refractivity contribution in [3.05, 3.63) is 57.3 Å². The Balaban J connectivity index is 1.57. The largest absolute Gasteiger partial charge is 0.451 e. The van der Waals surface area contributed by atoms with E-state index in [9.17, 15) is 9.59 Å². The first-order valence-corrected chi connectivity index (χ1v) is 9.10. The second-order valence-electron chi connectivity index (χ2n) is 5.83. The Morgan fingerprint density at radius 3 is 2.72 bits per heavy atom. The van der Waals surface area contributed by atoms with Crippen LogP contribution in [0.25, 0.3) is 0 Å². The number of hydrogen-bond acceptors (Lipinski definition) is 5. The zero-order chi connectivity index (χ0) is 17.8. The highest BCUT2D eigenvalue weighted by Crippen LogP contribution is 2.23. The maximum Gasteiger partial charge on any atom is 0.348 e. The third-order valence-corrected chi connectivity index (χ3v) is 5.43. The molecule has 0 spiro atoms. The first-order valence-electron chi connectivity index (χ1n) is 8.28. The molecular formula is C19H20N2O3S. The molecule has 0 fully saturated rings. The van der Waals surface area contributed by atoms with Crippen molar-refractivity contribution < 1.29 is 14.3 Å². The van der Waals surface area contributed by atoms with Gasteiger partial charge in [0.25, 0.3) is 5.91 Å². The molecule has 1 aliphatic rings. The monoisotopic (exact) mass is 356 g/mol. The molecule has 0 bridgehead atoms. The number of esters is 1. The number of hydrogen-bond donors (Lipinski definition) is 0. The van der Waals surface area contributed by atoms with Crippen molar-refractivity contribution in [3.63, 3.8) is 0 Å². The molecule has 0 saturated carbocycles. The number of benzene rings is 1. The first kappa shape index (κ1) is 17.4. The van der Waals surface area contributed by atoms with Crippen LogP contribution in [-0.4, -0.2) is 35.7 Å². The molecule has 0 aliphatic carbocycles. The fourth-order valence-electron chi connectivity index (χ4n) is 2.71. The van der Waals surface area contributed by atoms with Gasteiger partial charge in [-0.25, -0.2) is 9.80 Å². The molecule has 6 heteroatoms. The van der Waals surface area contributed by atoms with Crippen molar-refractivity contribution in [2.24, 2.45) is 5.10 Å². The molecule has 1 aliphatic heterocycles. The van der Waals surface area contributed by atoms with Gasteiger partial charge in [-0.05, 0) is 30.5 Å². The van der Waals surface area contributed by atoms with E-state index in [4.69, 9.17) is 4.74 Å². The van der Waals surface area contributed by atoms with Crippen molar-refractivity contribution in [3.8, 4) is 0 Å². The lowest BCUT2D eigenvalue weighted by molar-refractivity contribution is -0.134. The highest BCUT2D eigenvalue weighted by molar-refractivity contribution is 7.14. The van der Waals surface area contributed by atoms with Gasteiger partial charge in [-0.2, -0.15) is 5.10 Å². The summed E-state index contributed by atoms with van der Waals surface area (Å²) in [6.45, 7) is 4.25. The number of amides is 1. The summed E-state index contributed by atoms with van der Waals surface area (Å²) in [5.74, 6) is -0.754. The Kier molecular flexibility index (Phi) is 5.28. The van der Waals surface area contributed by atoms with Gasteiger partial charge < -0.3 is 4.74 Å². The van der Waals surface area contributed by atoms with Gasteiger partial charge in [-0.15, -0.1) is 11.3 Å². The van der Waals surface area contributed by atoms with Crippen LogP contribution in [0.3, 0.4) is 0 Å². The number of carbonyl (C=O) groups excluding carboxylic acids is 2. The standard InChI is InChI=1S/C19H20N2O3S/c1-3-16-13(2)11-17(25-16)19(23)24-12-18(22)21-10-9-15(20-21)14-7-5-4-6-8-14/h4-8,11H,3,9-10,12H2,1-2H3. The number of aryl methyl sites for hydroxylation is 2. The van der Waals surface area contributed by atoms with Gasteiger partial charge in [0, 0.05) is 11.3 Å². The second-order valence-corrected chi connectivity index (χ2v) is 6.96. The first-order chi connectivity index (χ1) is 12.1. The van der Waals surface area contributed by atoms with E-state index in [1.807, 2.05) is 50.2 Å². The van der Waals surface area contributed by atoms with Crippen LogP contribution in [-0.2, 0) is 16.0 Å². The molecule has 0 atom stereocenters. The number of hydrazone groups is 1. The van der Waals surface area contributed by atoms with Crippen molar-refractivity contribution >= 4 is 28.9 Å². The second kappa shape index (κ2) is 7.61. The summed E-state index contributed by atoms with van der Waals surface area (Å²) in [6.07, 6.45) is 1.58. The molecule has 25 heavy (non-hydrogen) atoms. The highest BCUT2D eigenvalue weighted by Gasteiger charge is 2.23. The molecule has 3 rings (SSSR count). The third-order valence-electron chi connectivity index (χ3n) is 4.07. The Morgan fingerprint density at radius 1 is 1.28 bits per heavy atom. The van der Waals surface area contributed by atoms with Crippen LogP contribution in [0.1, 0.15) is 39.0 Å². The molecule has 130 valence electrons. The van der Waals surface area contributed by atoms with Gasteiger partial charge >= 0.3 is 5.97 Å². The van der Waals surface area contributed by atoms with Gasteiger partial charge in [0.2, 0.25) is 0 Å². The molecule has 0 radical (unpaired) electrons. The van der Waals surface area contributed by atoms with Gasteiger partial charge in [0.15, 0.2) is 6.61 Å². The minimum absolute atomic E-state index is 0.289. The Labute approximate surface area is 150 Å². The van der Waals surface area contributed by atoms with E-state index in [0.29, 0.717) is 17.8 Å². The summed E-state index contributed by atoms with van der Waals surface area (Å²) in [5, 5.41) is 5.73. The Hall–Kier alpha value is -2.47. The predicted octanol–water partition coefficient (Wildman–Crippen LogP) is 3.41. The molecule has 0 saturated heterocycles. The third kappa shape index (κ3) is 3.96. The van der Waals surface area contributed by atoms with Crippen LogP contribution in [0.15, 0.2) is 41.5 Å². The van der Waals surface area contributed by atoms with Crippen molar-refractivity contribution in [2.75, 3.05) is 13.2 Å². The summed E-state index contributed by atoms with van der Waals surface area (Å²) < 4.78 is 5.17. The summed E-state index contributed by atoms with van der Waals surface area (Å²) in [7, 11) is 0. The van der Waals surface area contributed by atoms with E-state index in [-0.39, 0.29) is 12.5 Å². The van der Waals surface area contributed by atoms with Crippen molar-refractivity contribution in [1.29, 1.82) is 0 Å². The van der Waals surface area contributed by atoms with E-state index in [0.717, 1.165) is 28.1 Å². The number of rotatable bonds is 5. The summed E-state index contributed by atoms with van der Waals surface area (Å²) in [4.78, 5) is 26.0. The van der Waals surface area contributed by atoms with Crippen molar-refractivity contribution in [1.82, 2.24) is 5.01 Å². The predicted molar refractivity (Wildman–Crippen MR) is 98.0 cm³/mol. The van der Waals surface area contributed by atoms with Crippen LogP contribution in [0.4, 0.5) is 0 Å². The Bertz CT molecular complexity index is 811.